The van der Waals surface area contributed by atoms with Crippen LogP contribution in [0.5, 0.6) is 0 Å². The van der Waals surface area contributed by atoms with Crippen molar-refractivity contribution in [2.75, 3.05) is 5.32 Å². The van der Waals surface area contributed by atoms with Crippen molar-refractivity contribution >= 4 is 33.3 Å². The zero-order valence-corrected chi connectivity index (χ0v) is 16.1. The van der Waals surface area contributed by atoms with Crippen molar-refractivity contribution in [1.29, 1.82) is 0 Å². The molecule has 5 aromatic rings. The van der Waals surface area contributed by atoms with E-state index in [0.29, 0.717) is 11.4 Å². The second kappa shape index (κ2) is 6.60. The van der Waals surface area contributed by atoms with Crippen molar-refractivity contribution in [2.45, 2.75) is 0 Å². The molecule has 2 aromatic carbocycles. The third-order valence-electron chi connectivity index (χ3n) is 5.04. The smallest absolute Gasteiger partial charge is 0.256 e. The predicted molar refractivity (Wildman–Crippen MR) is 115 cm³/mol. The molecule has 0 unspecified atom stereocenters. The normalized spacial score (nSPS) is 11.2. The lowest BCUT2D eigenvalue weighted by Gasteiger charge is -2.07. The first-order chi connectivity index (χ1) is 14.0. The van der Waals surface area contributed by atoms with Gasteiger partial charge in [0.2, 0.25) is 0 Å². The minimum Gasteiger partial charge on any atom is -0.356 e. The first kappa shape index (κ1) is 17.2. The number of rotatable bonds is 3. The van der Waals surface area contributed by atoms with Crippen LogP contribution in [0.15, 0.2) is 73.4 Å². The van der Waals surface area contributed by atoms with Gasteiger partial charge in [-0.3, -0.25) is 9.48 Å². The van der Waals surface area contributed by atoms with Crippen LogP contribution in [-0.2, 0) is 14.1 Å². The molecule has 3 heterocycles. The molecule has 6 heteroatoms. The van der Waals surface area contributed by atoms with Gasteiger partial charge in [-0.15, -0.1) is 0 Å². The van der Waals surface area contributed by atoms with Crippen LogP contribution in [-0.4, -0.2) is 25.2 Å². The maximum atomic E-state index is 12.7. The molecular weight excluding hydrogens is 362 g/mol. The number of hydrogen-bond acceptors (Lipinski definition) is 3. The Morgan fingerprint density at radius 3 is 2.48 bits per heavy atom. The van der Waals surface area contributed by atoms with Crippen LogP contribution >= 0.6 is 0 Å². The first-order valence-electron chi connectivity index (χ1n) is 9.31. The van der Waals surface area contributed by atoms with Gasteiger partial charge in [-0.1, -0.05) is 18.2 Å². The number of nitrogens with zero attached hydrogens (tertiary/aromatic N) is 4. The predicted octanol–water partition coefficient (Wildman–Crippen LogP) is 4.38. The number of pyridine rings is 1. The Morgan fingerprint density at radius 1 is 0.828 bits per heavy atom. The molecule has 1 amide bonds. The van der Waals surface area contributed by atoms with Crippen molar-refractivity contribution in [2.24, 2.45) is 14.1 Å². The molecule has 29 heavy (non-hydrogen) atoms. The van der Waals surface area contributed by atoms with Crippen LogP contribution < -0.4 is 5.32 Å². The van der Waals surface area contributed by atoms with Gasteiger partial charge in [-0.25, -0.2) is 4.98 Å². The lowest BCUT2D eigenvalue weighted by Crippen LogP contribution is -2.12. The van der Waals surface area contributed by atoms with Gasteiger partial charge in [0.15, 0.2) is 0 Å². The highest BCUT2D eigenvalue weighted by Gasteiger charge is 2.10. The van der Waals surface area contributed by atoms with E-state index in [1.807, 2.05) is 79.8 Å². The molecule has 0 saturated carbocycles. The zero-order valence-electron chi connectivity index (χ0n) is 16.1. The van der Waals surface area contributed by atoms with Gasteiger partial charge in [0.05, 0.1) is 6.20 Å². The molecule has 0 radical (unpaired) electrons. The summed E-state index contributed by atoms with van der Waals surface area (Å²) in [4.78, 5) is 17.1. The standard InChI is InChI=1S/C23H19N5O/c1-27-12-18-6-4-16(8-20(18)13-27)23(29)26-22-9-19-7-15(3-5-17(19)10-24-22)21-11-25-28(2)14-21/h3-14H,1-2H3,(H,24,26,29). The Bertz CT molecular complexity index is 1380. The summed E-state index contributed by atoms with van der Waals surface area (Å²) in [6.07, 6.45) is 9.62. The number of anilines is 1. The molecule has 0 aliphatic heterocycles. The van der Waals surface area contributed by atoms with Gasteiger partial charge in [0, 0.05) is 60.8 Å². The number of aromatic nitrogens is 4. The quantitative estimate of drug-likeness (QED) is 0.504. The summed E-state index contributed by atoms with van der Waals surface area (Å²) in [5.41, 5.74) is 2.73. The van der Waals surface area contributed by atoms with E-state index in [1.54, 1.807) is 10.9 Å². The third kappa shape index (κ3) is 3.25. The van der Waals surface area contributed by atoms with E-state index in [-0.39, 0.29) is 5.91 Å². The van der Waals surface area contributed by atoms with E-state index in [4.69, 9.17) is 0 Å². The van der Waals surface area contributed by atoms with Crippen molar-refractivity contribution in [3.05, 3.63) is 79.0 Å². The second-order valence-corrected chi connectivity index (χ2v) is 7.26. The largest absolute Gasteiger partial charge is 0.356 e. The number of benzene rings is 2. The summed E-state index contributed by atoms with van der Waals surface area (Å²) < 4.78 is 3.76. The maximum absolute atomic E-state index is 12.7. The number of amides is 1. The fraction of sp³-hybridized carbons (Fsp3) is 0.0870. The fourth-order valence-corrected chi connectivity index (χ4v) is 3.57. The number of carbonyl (C=O) groups is 1. The molecule has 0 saturated heterocycles. The van der Waals surface area contributed by atoms with Crippen LogP contribution in [0.3, 0.4) is 0 Å². The Morgan fingerprint density at radius 2 is 1.66 bits per heavy atom. The van der Waals surface area contributed by atoms with Gasteiger partial charge in [0.25, 0.3) is 5.91 Å². The number of hydrogen-bond donors (Lipinski definition) is 1. The molecule has 5 rings (SSSR count). The van der Waals surface area contributed by atoms with Crippen molar-refractivity contribution in [3.63, 3.8) is 0 Å². The molecule has 142 valence electrons. The second-order valence-electron chi connectivity index (χ2n) is 7.26. The Kier molecular flexibility index (Phi) is 3.91. The van der Waals surface area contributed by atoms with Crippen LogP contribution in [0.25, 0.3) is 32.7 Å². The molecule has 0 spiro atoms. The summed E-state index contributed by atoms with van der Waals surface area (Å²) in [6, 6.07) is 13.7. The topological polar surface area (TPSA) is 64.7 Å². The Labute approximate surface area is 167 Å². The van der Waals surface area contributed by atoms with E-state index in [1.165, 1.54) is 0 Å². The van der Waals surface area contributed by atoms with E-state index >= 15 is 0 Å². The average Bonchev–Trinajstić information content (AvgIpc) is 3.31. The monoisotopic (exact) mass is 381 g/mol. The summed E-state index contributed by atoms with van der Waals surface area (Å²) in [6.45, 7) is 0. The van der Waals surface area contributed by atoms with Gasteiger partial charge in [-0.2, -0.15) is 5.10 Å². The summed E-state index contributed by atoms with van der Waals surface area (Å²) in [7, 11) is 3.87. The fourth-order valence-electron chi connectivity index (χ4n) is 3.57. The van der Waals surface area contributed by atoms with Crippen molar-refractivity contribution in [1.82, 2.24) is 19.3 Å². The molecule has 0 bridgehead atoms. The van der Waals surface area contributed by atoms with E-state index in [2.05, 4.69) is 21.5 Å². The minimum atomic E-state index is -0.175. The number of aryl methyl sites for hydroxylation is 2. The number of carbonyl (C=O) groups excluding carboxylic acids is 1. The Balaban J connectivity index is 1.44. The summed E-state index contributed by atoms with van der Waals surface area (Å²) in [5, 5.41) is 11.3. The molecule has 0 fully saturated rings. The number of nitrogens with one attached hydrogen (secondary N) is 1. The van der Waals surface area contributed by atoms with Gasteiger partial charge in [-0.05, 0) is 40.6 Å². The third-order valence-corrected chi connectivity index (χ3v) is 5.04. The molecule has 1 N–H and O–H groups in total. The van der Waals surface area contributed by atoms with Crippen LogP contribution in [0.1, 0.15) is 10.4 Å². The maximum Gasteiger partial charge on any atom is 0.256 e. The lowest BCUT2D eigenvalue weighted by molar-refractivity contribution is 0.102. The van der Waals surface area contributed by atoms with Crippen molar-refractivity contribution < 1.29 is 4.79 Å². The highest BCUT2D eigenvalue weighted by molar-refractivity contribution is 6.06. The molecule has 0 atom stereocenters. The molecule has 0 aliphatic rings. The van der Waals surface area contributed by atoms with Gasteiger partial charge < -0.3 is 9.88 Å². The van der Waals surface area contributed by atoms with Crippen LogP contribution in [0.2, 0.25) is 0 Å². The van der Waals surface area contributed by atoms with Gasteiger partial charge >= 0.3 is 0 Å². The molecule has 0 aliphatic carbocycles. The van der Waals surface area contributed by atoms with Crippen molar-refractivity contribution in [3.8, 4) is 11.1 Å². The highest BCUT2D eigenvalue weighted by atomic mass is 16.1. The molecular formula is C23H19N5O. The van der Waals surface area contributed by atoms with Crippen LogP contribution in [0.4, 0.5) is 5.82 Å². The Hall–Kier alpha value is -3.93. The average molecular weight is 381 g/mol. The lowest BCUT2D eigenvalue weighted by atomic mass is 10.0. The van der Waals surface area contributed by atoms with E-state index in [0.717, 1.165) is 32.7 Å². The summed E-state index contributed by atoms with van der Waals surface area (Å²) in [5.74, 6) is 0.352. The molecule has 6 nitrogen and oxygen atoms in total. The SMILES string of the molecule is Cn1cc2ccc(C(=O)Nc3cc4cc(-c5cnn(C)c5)ccc4cn3)cc2c1. The minimum absolute atomic E-state index is 0.175. The highest BCUT2D eigenvalue weighted by Crippen LogP contribution is 2.25. The van der Waals surface area contributed by atoms with Crippen LogP contribution in [0, 0.1) is 0 Å². The number of fused-ring (bicyclic) bond motifs is 2. The zero-order chi connectivity index (χ0) is 20.0. The van der Waals surface area contributed by atoms with E-state index < -0.39 is 0 Å². The summed E-state index contributed by atoms with van der Waals surface area (Å²) >= 11 is 0. The van der Waals surface area contributed by atoms with E-state index in [9.17, 15) is 4.79 Å². The van der Waals surface area contributed by atoms with Gasteiger partial charge in [0.1, 0.15) is 5.82 Å². The first-order valence-corrected chi connectivity index (χ1v) is 9.31. The molecule has 3 aromatic heterocycles.